The van der Waals surface area contributed by atoms with Gasteiger partial charge in [-0.15, -0.1) is 0 Å². The van der Waals surface area contributed by atoms with Crippen molar-refractivity contribution in [3.63, 3.8) is 0 Å². The minimum Gasteiger partial charge on any atom is -0.384 e. The summed E-state index contributed by atoms with van der Waals surface area (Å²) in [5.74, 6) is 0.878. The van der Waals surface area contributed by atoms with Gasteiger partial charge in [0.25, 0.3) is 0 Å². The molecule has 0 radical (unpaired) electrons. The molecule has 0 N–H and O–H groups in total. The molecule has 0 heterocycles. The van der Waals surface area contributed by atoms with E-state index in [2.05, 4.69) is 0 Å². The molecule has 0 aliphatic heterocycles. The van der Waals surface area contributed by atoms with Crippen LogP contribution in [0.1, 0.15) is 41.0 Å². The third-order valence-corrected chi connectivity index (χ3v) is 2.13. The van der Waals surface area contributed by atoms with E-state index in [1.807, 2.05) is 0 Å². The lowest BCUT2D eigenvalue weighted by atomic mass is 9.90. The maximum Gasteiger partial charge on any atom is 0.0490 e. The zero-order valence-electron chi connectivity index (χ0n) is 6.23. The number of methoxy groups -OCH3 is 1. The van der Waals surface area contributed by atoms with Gasteiger partial charge in [-0.25, -0.2) is 0 Å². The summed E-state index contributed by atoms with van der Waals surface area (Å²) in [4.78, 5) is 0. The van der Waals surface area contributed by atoms with Crippen LogP contribution in [0.3, 0.4) is 0 Å². The molecule has 0 bridgehead atoms. The molecule has 1 saturated carbocycles. The Labute approximate surface area is 66.3 Å². The Morgan fingerprint density at radius 1 is 1.30 bits per heavy atom. The van der Waals surface area contributed by atoms with Crippen LogP contribution in [0.15, 0.2) is 0 Å². The minimum atomic E-state index is 0. The van der Waals surface area contributed by atoms with Crippen LogP contribution < -0.4 is 0 Å². The first kappa shape index (κ1) is 9.96. The lowest BCUT2D eigenvalue weighted by Gasteiger charge is -2.19. The molecule has 10 heavy (non-hydrogen) atoms. The van der Waals surface area contributed by atoms with E-state index in [0.29, 0.717) is 0 Å². The van der Waals surface area contributed by atoms with E-state index in [1.165, 1.54) is 32.1 Å². The highest BCUT2D eigenvalue weighted by Crippen LogP contribution is 2.23. The molecule has 0 aromatic carbocycles. The second-order valence-electron chi connectivity index (χ2n) is 2.96. The molecule has 1 nitrogen and oxygen atoms in total. The normalized spacial score (nSPS) is 20.1. The van der Waals surface area contributed by atoms with Crippen LogP contribution in [0, 0.1) is 5.92 Å². The largest absolute Gasteiger partial charge is 0.384 e. The Balaban J connectivity index is 0. The second-order valence-corrected chi connectivity index (χ2v) is 2.96. The van der Waals surface area contributed by atoms with Crippen molar-refractivity contribution in [3.8, 4) is 0 Å². The van der Waals surface area contributed by atoms with Crippen molar-refractivity contribution < 1.29 is 6.16 Å². The van der Waals surface area contributed by atoms with Crippen LogP contribution in [0.25, 0.3) is 0 Å². The molecule has 0 atom stereocenters. The van der Waals surface area contributed by atoms with Gasteiger partial charge in [0.1, 0.15) is 0 Å². The zero-order chi connectivity index (χ0) is 6.53. The van der Waals surface area contributed by atoms with Crippen LogP contribution in [0.5, 0.6) is 0 Å². The van der Waals surface area contributed by atoms with E-state index < -0.39 is 0 Å². The molecule has 0 saturated heterocycles. The maximum absolute atomic E-state index is 5.08. The smallest absolute Gasteiger partial charge is 0.0490 e. The van der Waals surface area contributed by atoms with Gasteiger partial charge in [-0.2, -0.15) is 0 Å². The predicted molar refractivity (Wildman–Crippen MR) is 47.3 cm³/mol. The van der Waals surface area contributed by atoms with Gasteiger partial charge in [0.05, 0.1) is 0 Å². The fourth-order valence-corrected chi connectivity index (χ4v) is 1.59. The number of ether oxygens (including phenoxy) is 1. The molecule has 1 fully saturated rings. The second kappa shape index (κ2) is 5.72. The van der Waals surface area contributed by atoms with E-state index in [-0.39, 0.29) is 8.85 Å². The molecular weight excluding hydrogens is 124 g/mol. The maximum atomic E-state index is 5.08. The number of hydrogen-bond acceptors (Lipinski definition) is 1. The first-order chi connectivity index (χ1) is 4.43. The highest BCUT2D eigenvalue weighted by atomic mass is 16.5. The van der Waals surface area contributed by atoms with E-state index >= 15 is 0 Å². The summed E-state index contributed by atoms with van der Waals surface area (Å²) < 4.78 is 5.08. The Hall–Kier alpha value is -0.0400. The van der Waals surface area contributed by atoms with Crippen molar-refractivity contribution in [1.82, 2.24) is 0 Å². The van der Waals surface area contributed by atoms with Crippen molar-refractivity contribution in [1.29, 1.82) is 0 Å². The molecular formula is C9H22O. The van der Waals surface area contributed by atoms with Gasteiger partial charge in [0.15, 0.2) is 0 Å². The summed E-state index contributed by atoms with van der Waals surface area (Å²) in [5.41, 5.74) is 0. The van der Waals surface area contributed by atoms with Crippen LogP contribution in [-0.2, 0) is 4.74 Å². The van der Waals surface area contributed by atoms with Gasteiger partial charge in [-0.3, -0.25) is 0 Å². The third-order valence-electron chi connectivity index (χ3n) is 2.13. The predicted octanol–water partition coefficient (Wildman–Crippen LogP) is 3.10. The lowest BCUT2D eigenvalue weighted by Crippen LogP contribution is -2.11. The average molecular weight is 146 g/mol. The van der Waals surface area contributed by atoms with Gasteiger partial charge >= 0.3 is 0 Å². The molecule has 1 aliphatic carbocycles. The topological polar surface area (TPSA) is 9.23 Å². The highest BCUT2D eigenvalue weighted by molar-refractivity contribution is 4.64. The lowest BCUT2D eigenvalue weighted by molar-refractivity contribution is 0.131. The Morgan fingerprint density at radius 2 is 1.90 bits per heavy atom. The monoisotopic (exact) mass is 146 g/mol. The molecule has 0 spiro atoms. The average Bonchev–Trinajstić information content (AvgIpc) is 1.91. The quantitative estimate of drug-likeness (QED) is 0.581. The van der Waals surface area contributed by atoms with E-state index in [4.69, 9.17) is 4.74 Å². The summed E-state index contributed by atoms with van der Waals surface area (Å²) in [6, 6.07) is 0. The van der Waals surface area contributed by atoms with E-state index in [0.717, 1.165) is 12.5 Å². The van der Waals surface area contributed by atoms with Gasteiger partial charge in [-0.05, 0) is 18.8 Å². The van der Waals surface area contributed by atoms with Crippen LogP contribution in [0.4, 0.5) is 0 Å². The van der Waals surface area contributed by atoms with Gasteiger partial charge in [0, 0.05) is 15.1 Å². The molecule has 0 amide bonds. The summed E-state index contributed by atoms with van der Waals surface area (Å²) in [7, 11) is 1.80. The molecule has 0 unspecified atom stereocenters. The van der Waals surface area contributed by atoms with Crippen LogP contribution in [0.2, 0.25) is 0 Å². The number of hydrogen-bond donors (Lipinski definition) is 0. The Kier molecular flexibility index (Phi) is 5.70. The molecule has 64 valence electrons. The van der Waals surface area contributed by atoms with Crippen molar-refractivity contribution in [3.05, 3.63) is 0 Å². The molecule has 1 heteroatoms. The SMILES string of the molecule is C.COCC1CCCCC1.[HH]. The Bertz CT molecular complexity index is 67.2. The van der Waals surface area contributed by atoms with Gasteiger partial charge in [-0.1, -0.05) is 26.7 Å². The molecule has 0 aromatic heterocycles. The molecule has 1 aliphatic rings. The van der Waals surface area contributed by atoms with E-state index in [1.54, 1.807) is 7.11 Å². The highest BCUT2D eigenvalue weighted by Gasteiger charge is 2.11. The van der Waals surface area contributed by atoms with Crippen molar-refractivity contribution >= 4 is 0 Å². The fourth-order valence-electron chi connectivity index (χ4n) is 1.59. The van der Waals surface area contributed by atoms with Crippen molar-refractivity contribution in [2.75, 3.05) is 13.7 Å². The van der Waals surface area contributed by atoms with Crippen LogP contribution >= 0.6 is 0 Å². The van der Waals surface area contributed by atoms with E-state index in [9.17, 15) is 0 Å². The van der Waals surface area contributed by atoms with Gasteiger partial charge < -0.3 is 4.74 Å². The molecule has 0 aromatic rings. The summed E-state index contributed by atoms with van der Waals surface area (Å²) in [6.45, 7) is 0.986. The number of rotatable bonds is 2. The zero-order valence-corrected chi connectivity index (χ0v) is 6.23. The standard InChI is InChI=1S/C8H16O.CH4.H2/c1-9-7-8-5-3-2-4-6-8;;/h8H,2-7H2,1H3;1H4;1H. The van der Waals surface area contributed by atoms with Gasteiger partial charge in [0.2, 0.25) is 0 Å². The third kappa shape index (κ3) is 3.21. The first-order valence-electron chi connectivity index (χ1n) is 3.92. The van der Waals surface area contributed by atoms with Crippen molar-refractivity contribution in [2.45, 2.75) is 39.5 Å². The summed E-state index contributed by atoms with van der Waals surface area (Å²) in [5, 5.41) is 0. The first-order valence-corrected chi connectivity index (χ1v) is 3.92. The summed E-state index contributed by atoms with van der Waals surface area (Å²) in [6.07, 6.45) is 7.09. The van der Waals surface area contributed by atoms with Crippen LogP contribution in [-0.4, -0.2) is 13.7 Å². The summed E-state index contributed by atoms with van der Waals surface area (Å²) >= 11 is 0. The van der Waals surface area contributed by atoms with Crippen molar-refractivity contribution in [2.24, 2.45) is 5.92 Å². The molecule has 1 rings (SSSR count). The fraction of sp³-hybridized carbons (Fsp3) is 1.00. The minimum absolute atomic E-state index is 0. The Morgan fingerprint density at radius 3 is 2.40 bits per heavy atom.